The number of piperidine rings is 1. The van der Waals surface area contributed by atoms with Crippen LogP contribution in [-0.4, -0.2) is 62.2 Å². The Kier molecular flexibility index (Phi) is 8.76. The van der Waals surface area contributed by atoms with Crippen LogP contribution in [0.5, 0.6) is 17.5 Å². The van der Waals surface area contributed by atoms with E-state index >= 15 is 0 Å². The summed E-state index contributed by atoms with van der Waals surface area (Å²) in [5.41, 5.74) is 1.78. The lowest BCUT2D eigenvalue weighted by molar-refractivity contribution is 0.0450. The van der Waals surface area contributed by atoms with Crippen molar-refractivity contribution >= 4 is 17.5 Å². The highest BCUT2D eigenvalue weighted by Gasteiger charge is 2.33. The first-order valence-electron chi connectivity index (χ1n) is 12.2. The quantitative estimate of drug-likeness (QED) is 0.544. The molecule has 11 heteroatoms. The van der Waals surface area contributed by atoms with Crippen LogP contribution in [0.15, 0.2) is 30.6 Å². The molecule has 4 rings (SSSR count). The molecular weight excluding hydrogens is 486 g/mol. The van der Waals surface area contributed by atoms with Crippen molar-refractivity contribution in [2.45, 2.75) is 58.6 Å². The van der Waals surface area contributed by atoms with Crippen LogP contribution in [0.4, 0.5) is 4.79 Å². The van der Waals surface area contributed by atoms with Crippen molar-refractivity contribution < 1.29 is 31.9 Å². The van der Waals surface area contributed by atoms with E-state index < -0.39 is 17.5 Å². The van der Waals surface area contributed by atoms with Crippen molar-refractivity contribution in [3.05, 3.63) is 41.7 Å². The monoisotopic (exact) mass is 519 g/mol. The highest BCUT2D eigenvalue weighted by Crippen LogP contribution is 2.31. The third-order valence-corrected chi connectivity index (χ3v) is 7.05. The Morgan fingerprint density at radius 2 is 1.89 bits per heavy atom. The van der Waals surface area contributed by atoms with E-state index in [0.717, 1.165) is 18.4 Å². The molecule has 196 valence electrons. The minimum Gasteiger partial charge on any atom is -0.474 e. The number of nitrogens with zero attached hydrogens (tertiary/aromatic N) is 3. The fourth-order valence-corrected chi connectivity index (χ4v) is 5.26. The van der Waals surface area contributed by atoms with E-state index in [4.69, 9.17) is 17.8 Å². The molecule has 2 saturated heterocycles. The maximum Gasteiger partial charge on any atom is 0.407 e. The Morgan fingerprint density at radius 3 is 2.56 bits per heavy atom. The molecule has 2 aliphatic heterocycles. The topological polar surface area (TPSA) is 120 Å². The van der Waals surface area contributed by atoms with E-state index in [1.54, 1.807) is 0 Å². The van der Waals surface area contributed by atoms with Crippen LogP contribution in [0.25, 0.3) is 0 Å². The van der Waals surface area contributed by atoms with Crippen LogP contribution in [0, 0.1) is 18.8 Å². The number of benzene rings is 1. The number of ether oxygens (including phenoxy) is 2. The first-order valence-corrected chi connectivity index (χ1v) is 13.2. The van der Waals surface area contributed by atoms with Crippen molar-refractivity contribution in [3.63, 3.8) is 0 Å². The van der Waals surface area contributed by atoms with E-state index in [2.05, 4.69) is 23.8 Å². The number of carbonyl (C=O) groups is 1. The standard InChI is InChI=1S/C25H33N3O7S/c1-16(2)10-20-12-22(8-9-28(20)25(29)30)35-24-17(3)23(26-15-27-24)34-21-6-4-18(5-7-21)11-19-13-32-36(31)33-14-19/h4-7,15-16,19-20,22H,8-14H2,1-3H3,(H,29,30)/t19?,20-,22+,36?/m0/s1. The third-order valence-electron chi connectivity index (χ3n) is 6.39. The molecule has 0 saturated carbocycles. The summed E-state index contributed by atoms with van der Waals surface area (Å²) in [6.45, 7) is 7.29. The minimum absolute atomic E-state index is 0.0773. The Labute approximate surface area is 213 Å². The largest absolute Gasteiger partial charge is 0.474 e. The highest BCUT2D eigenvalue weighted by atomic mass is 32.2. The zero-order valence-corrected chi connectivity index (χ0v) is 21.6. The van der Waals surface area contributed by atoms with Gasteiger partial charge in [0.05, 0.1) is 18.8 Å². The van der Waals surface area contributed by atoms with Crippen molar-refractivity contribution in [2.24, 2.45) is 11.8 Å². The zero-order valence-electron chi connectivity index (χ0n) is 20.8. The second-order valence-electron chi connectivity index (χ2n) is 9.72. The van der Waals surface area contributed by atoms with Gasteiger partial charge in [-0.3, -0.25) is 8.37 Å². The van der Waals surface area contributed by atoms with Crippen LogP contribution < -0.4 is 9.47 Å². The van der Waals surface area contributed by atoms with Gasteiger partial charge in [-0.15, -0.1) is 0 Å². The number of carboxylic acid groups (broad SMARTS) is 1. The van der Waals surface area contributed by atoms with Gasteiger partial charge in [0.15, 0.2) is 0 Å². The van der Waals surface area contributed by atoms with Gasteiger partial charge in [0.2, 0.25) is 11.8 Å². The first-order chi connectivity index (χ1) is 17.3. The van der Waals surface area contributed by atoms with E-state index in [0.29, 0.717) is 61.6 Å². The van der Waals surface area contributed by atoms with E-state index in [1.807, 2.05) is 31.2 Å². The smallest absolute Gasteiger partial charge is 0.407 e. The van der Waals surface area contributed by atoms with E-state index in [9.17, 15) is 14.1 Å². The summed E-state index contributed by atoms with van der Waals surface area (Å²) in [5.74, 6) is 2.03. The molecule has 0 aliphatic carbocycles. The van der Waals surface area contributed by atoms with Gasteiger partial charge in [-0.1, -0.05) is 26.0 Å². The minimum atomic E-state index is -1.63. The maximum atomic E-state index is 11.6. The summed E-state index contributed by atoms with van der Waals surface area (Å²) in [7, 11) is 0. The fourth-order valence-electron chi connectivity index (χ4n) is 4.58. The average molecular weight is 520 g/mol. The Bertz CT molecular complexity index is 1060. The number of amides is 1. The van der Waals surface area contributed by atoms with Crippen LogP contribution >= 0.6 is 0 Å². The van der Waals surface area contributed by atoms with Gasteiger partial charge < -0.3 is 19.5 Å². The van der Waals surface area contributed by atoms with Gasteiger partial charge in [0, 0.05) is 31.3 Å². The van der Waals surface area contributed by atoms with Crippen LogP contribution in [-0.2, 0) is 26.1 Å². The van der Waals surface area contributed by atoms with Crippen LogP contribution in [0.3, 0.4) is 0 Å². The van der Waals surface area contributed by atoms with Crippen molar-refractivity contribution in [2.75, 3.05) is 19.8 Å². The van der Waals surface area contributed by atoms with Crippen LogP contribution in [0.2, 0.25) is 0 Å². The molecular formula is C25H33N3O7S. The molecule has 1 amide bonds. The van der Waals surface area contributed by atoms with Gasteiger partial charge in [-0.2, -0.15) is 4.21 Å². The molecule has 3 heterocycles. The SMILES string of the molecule is Cc1c(Oc2ccc(CC3COS(=O)OC3)cc2)ncnc1O[C@@H]1CCN(C(=O)O)[C@@H](CC(C)C)C1. The zero-order chi connectivity index (χ0) is 25.7. The normalized spacial score (nSPS) is 24.5. The summed E-state index contributed by atoms with van der Waals surface area (Å²) in [5, 5.41) is 9.55. The van der Waals surface area contributed by atoms with Gasteiger partial charge in [0.25, 0.3) is 0 Å². The average Bonchev–Trinajstić information content (AvgIpc) is 2.84. The van der Waals surface area contributed by atoms with Gasteiger partial charge in [0.1, 0.15) is 18.2 Å². The molecule has 1 aromatic heterocycles. The van der Waals surface area contributed by atoms with E-state index in [-0.39, 0.29) is 18.1 Å². The molecule has 0 unspecified atom stereocenters. The molecule has 2 aromatic rings. The second-order valence-corrected chi connectivity index (χ2v) is 10.6. The maximum absolute atomic E-state index is 11.6. The van der Waals surface area contributed by atoms with Gasteiger partial charge in [-0.05, 0) is 43.4 Å². The second kappa shape index (κ2) is 12.0. The van der Waals surface area contributed by atoms with Crippen molar-refractivity contribution in [3.8, 4) is 17.5 Å². The van der Waals surface area contributed by atoms with E-state index in [1.165, 1.54) is 11.2 Å². The van der Waals surface area contributed by atoms with Crippen LogP contribution in [0.1, 0.15) is 44.2 Å². The Hall–Kier alpha value is -2.76. The molecule has 36 heavy (non-hydrogen) atoms. The highest BCUT2D eigenvalue weighted by molar-refractivity contribution is 7.75. The molecule has 0 radical (unpaired) electrons. The summed E-state index contributed by atoms with van der Waals surface area (Å²) in [6.07, 6.45) is 3.18. The summed E-state index contributed by atoms with van der Waals surface area (Å²) in [4.78, 5) is 21.8. The molecule has 1 N–H and O–H groups in total. The number of likely N-dealkylation sites (tertiary alicyclic amines) is 1. The number of hydrogen-bond donors (Lipinski definition) is 1. The van der Waals surface area contributed by atoms with Gasteiger partial charge in [-0.25, -0.2) is 14.8 Å². The lowest BCUT2D eigenvalue weighted by atomic mass is 9.92. The van der Waals surface area contributed by atoms with Crippen molar-refractivity contribution in [1.82, 2.24) is 14.9 Å². The number of rotatable bonds is 8. The molecule has 10 nitrogen and oxygen atoms in total. The number of hydrogen-bond acceptors (Lipinski definition) is 8. The first kappa shape index (κ1) is 26.3. The molecule has 1 aromatic carbocycles. The summed E-state index contributed by atoms with van der Waals surface area (Å²) < 4.78 is 33.5. The van der Waals surface area contributed by atoms with Gasteiger partial charge >= 0.3 is 17.5 Å². The lowest BCUT2D eigenvalue weighted by Gasteiger charge is -2.38. The fraction of sp³-hybridized carbons (Fsp3) is 0.560. The molecule has 0 bridgehead atoms. The lowest BCUT2D eigenvalue weighted by Crippen LogP contribution is -2.48. The summed E-state index contributed by atoms with van der Waals surface area (Å²) in [6, 6.07) is 7.61. The Balaban J connectivity index is 1.37. The third kappa shape index (κ3) is 6.92. The Morgan fingerprint density at radius 1 is 1.19 bits per heavy atom. The predicted octanol–water partition coefficient (Wildman–Crippen LogP) is 4.30. The molecule has 2 fully saturated rings. The van der Waals surface area contributed by atoms with Crippen molar-refractivity contribution in [1.29, 1.82) is 0 Å². The predicted molar refractivity (Wildman–Crippen MR) is 132 cm³/mol. The summed E-state index contributed by atoms with van der Waals surface area (Å²) >= 11 is -1.63. The molecule has 0 spiro atoms. The number of aromatic nitrogens is 2. The molecule has 2 aliphatic rings. The molecule has 2 atom stereocenters.